The molecule has 1 aromatic carbocycles. The second kappa shape index (κ2) is 5.80. The van der Waals surface area contributed by atoms with Crippen LogP contribution in [0, 0.1) is 6.92 Å². The highest BCUT2D eigenvalue weighted by molar-refractivity contribution is 9.10. The first kappa shape index (κ1) is 14.2. The van der Waals surface area contributed by atoms with E-state index in [1.807, 2.05) is 50.2 Å². The second-order valence-corrected chi connectivity index (χ2v) is 5.65. The third-order valence-corrected chi connectivity index (χ3v) is 3.57. The molecule has 19 heavy (non-hydrogen) atoms. The average Bonchev–Trinajstić information content (AvgIpc) is 2.72. The third-order valence-electron chi connectivity index (χ3n) is 2.59. The minimum atomic E-state index is 0.687. The van der Waals surface area contributed by atoms with Crippen molar-refractivity contribution >= 4 is 45.3 Å². The van der Waals surface area contributed by atoms with Gasteiger partial charge >= 0.3 is 0 Å². The largest absolute Gasteiger partial charge is 0.438 e. The molecule has 0 spiro atoms. The van der Waals surface area contributed by atoms with Crippen LogP contribution in [0.1, 0.15) is 11.3 Å². The fourth-order valence-electron chi connectivity index (χ4n) is 1.55. The SMILES string of the molecule is Cc1ccc(N=Cc2cc(Br)c(N(C)C)o2)cc1Cl. The summed E-state index contributed by atoms with van der Waals surface area (Å²) in [4.78, 5) is 6.24. The lowest BCUT2D eigenvalue weighted by molar-refractivity contribution is 0.557. The maximum atomic E-state index is 6.05. The van der Waals surface area contributed by atoms with Crippen molar-refractivity contribution in [2.75, 3.05) is 19.0 Å². The molecule has 1 heterocycles. The molecule has 3 nitrogen and oxygen atoms in total. The van der Waals surface area contributed by atoms with Crippen LogP contribution in [0.15, 0.2) is 38.1 Å². The van der Waals surface area contributed by atoms with Gasteiger partial charge in [0.1, 0.15) is 5.76 Å². The number of furan rings is 1. The van der Waals surface area contributed by atoms with Crippen LogP contribution in [0.3, 0.4) is 0 Å². The molecule has 1 aromatic heterocycles. The lowest BCUT2D eigenvalue weighted by Gasteiger charge is -2.07. The van der Waals surface area contributed by atoms with Crippen LogP contribution in [0.25, 0.3) is 0 Å². The van der Waals surface area contributed by atoms with Crippen LogP contribution in [-0.2, 0) is 0 Å². The van der Waals surface area contributed by atoms with Crippen LogP contribution in [0.4, 0.5) is 11.6 Å². The van der Waals surface area contributed by atoms with Crippen molar-refractivity contribution in [2.24, 2.45) is 4.99 Å². The summed E-state index contributed by atoms with van der Waals surface area (Å²) in [6.07, 6.45) is 1.68. The average molecular weight is 342 g/mol. The van der Waals surface area contributed by atoms with E-state index in [1.54, 1.807) is 6.21 Å². The highest BCUT2D eigenvalue weighted by atomic mass is 79.9. The zero-order valence-electron chi connectivity index (χ0n) is 10.9. The summed E-state index contributed by atoms with van der Waals surface area (Å²) >= 11 is 9.50. The Hall–Kier alpha value is -1.26. The van der Waals surface area contributed by atoms with Gasteiger partial charge in [-0.25, -0.2) is 0 Å². The van der Waals surface area contributed by atoms with Crippen LogP contribution in [0.2, 0.25) is 5.02 Å². The van der Waals surface area contributed by atoms with Gasteiger partial charge < -0.3 is 9.32 Å². The van der Waals surface area contributed by atoms with Gasteiger partial charge in [-0.05, 0) is 40.5 Å². The van der Waals surface area contributed by atoms with Gasteiger partial charge in [-0.3, -0.25) is 4.99 Å². The Labute approximate surface area is 126 Å². The van der Waals surface area contributed by atoms with E-state index >= 15 is 0 Å². The van der Waals surface area contributed by atoms with Crippen molar-refractivity contribution in [3.8, 4) is 0 Å². The Morgan fingerprint density at radius 3 is 2.63 bits per heavy atom. The fraction of sp³-hybridized carbons (Fsp3) is 0.214. The third kappa shape index (κ3) is 3.39. The van der Waals surface area contributed by atoms with Gasteiger partial charge in [0.25, 0.3) is 0 Å². The maximum Gasteiger partial charge on any atom is 0.210 e. The molecule has 2 rings (SSSR count). The predicted molar refractivity (Wildman–Crippen MR) is 84.2 cm³/mol. The van der Waals surface area contributed by atoms with E-state index in [0.717, 1.165) is 21.6 Å². The quantitative estimate of drug-likeness (QED) is 0.749. The molecule has 2 aromatic rings. The van der Waals surface area contributed by atoms with Gasteiger partial charge in [-0.2, -0.15) is 0 Å². The van der Waals surface area contributed by atoms with Gasteiger partial charge in [0.2, 0.25) is 5.88 Å². The van der Waals surface area contributed by atoms with Gasteiger partial charge in [-0.1, -0.05) is 17.7 Å². The molecular weight excluding hydrogens is 328 g/mol. The number of benzene rings is 1. The predicted octanol–water partition coefficient (Wildman–Crippen LogP) is 4.82. The van der Waals surface area contributed by atoms with Gasteiger partial charge in [-0.15, -0.1) is 0 Å². The van der Waals surface area contributed by atoms with Crippen LogP contribution >= 0.6 is 27.5 Å². The summed E-state index contributed by atoms with van der Waals surface area (Å²) in [5.74, 6) is 1.45. The molecule has 0 fully saturated rings. The zero-order chi connectivity index (χ0) is 14.0. The minimum absolute atomic E-state index is 0.687. The van der Waals surface area contributed by atoms with Crippen molar-refractivity contribution in [3.63, 3.8) is 0 Å². The molecular formula is C14H14BrClN2O. The molecule has 0 atom stereocenters. The number of rotatable bonds is 3. The number of nitrogens with zero attached hydrogens (tertiary/aromatic N) is 2. The Morgan fingerprint density at radius 2 is 2.05 bits per heavy atom. The molecule has 0 saturated carbocycles. The van der Waals surface area contributed by atoms with Crippen molar-refractivity contribution in [3.05, 3.63) is 45.1 Å². The van der Waals surface area contributed by atoms with Crippen molar-refractivity contribution < 1.29 is 4.42 Å². The zero-order valence-corrected chi connectivity index (χ0v) is 13.3. The number of aryl methyl sites for hydroxylation is 1. The highest BCUT2D eigenvalue weighted by Crippen LogP contribution is 2.28. The summed E-state index contributed by atoms with van der Waals surface area (Å²) in [6.45, 7) is 1.96. The first-order valence-electron chi connectivity index (χ1n) is 5.74. The molecule has 0 saturated heterocycles. The number of anilines is 1. The summed E-state index contributed by atoms with van der Waals surface area (Å²) in [5.41, 5.74) is 1.84. The number of aliphatic imine (C=N–C) groups is 1. The molecule has 0 amide bonds. The van der Waals surface area contributed by atoms with E-state index in [4.69, 9.17) is 16.0 Å². The van der Waals surface area contributed by atoms with Gasteiger partial charge in [0.05, 0.1) is 16.4 Å². The van der Waals surface area contributed by atoms with E-state index in [0.29, 0.717) is 10.8 Å². The lowest BCUT2D eigenvalue weighted by atomic mass is 10.2. The van der Waals surface area contributed by atoms with Crippen molar-refractivity contribution in [1.29, 1.82) is 0 Å². The van der Waals surface area contributed by atoms with Gasteiger partial charge in [0.15, 0.2) is 0 Å². The second-order valence-electron chi connectivity index (χ2n) is 4.39. The maximum absolute atomic E-state index is 6.05. The molecule has 0 aliphatic heterocycles. The first-order valence-corrected chi connectivity index (χ1v) is 6.91. The van der Waals surface area contributed by atoms with Crippen molar-refractivity contribution in [2.45, 2.75) is 6.92 Å². The van der Waals surface area contributed by atoms with E-state index in [9.17, 15) is 0 Å². The Morgan fingerprint density at radius 1 is 1.32 bits per heavy atom. The topological polar surface area (TPSA) is 28.7 Å². The van der Waals surface area contributed by atoms with E-state index in [-0.39, 0.29) is 0 Å². The number of hydrogen-bond acceptors (Lipinski definition) is 3. The van der Waals surface area contributed by atoms with E-state index < -0.39 is 0 Å². The number of halogens is 2. The van der Waals surface area contributed by atoms with Crippen molar-refractivity contribution in [1.82, 2.24) is 0 Å². The fourth-order valence-corrected chi connectivity index (χ4v) is 2.38. The summed E-state index contributed by atoms with van der Waals surface area (Å²) in [7, 11) is 3.84. The minimum Gasteiger partial charge on any atom is -0.438 e. The Balaban J connectivity index is 2.22. The molecule has 0 unspecified atom stereocenters. The molecule has 5 heteroatoms. The van der Waals surface area contributed by atoms with Crippen LogP contribution < -0.4 is 4.90 Å². The van der Waals surface area contributed by atoms with Crippen LogP contribution in [0.5, 0.6) is 0 Å². The molecule has 100 valence electrons. The normalized spacial score (nSPS) is 11.2. The lowest BCUT2D eigenvalue weighted by Crippen LogP contribution is -2.07. The Bertz CT molecular complexity index is 620. The smallest absolute Gasteiger partial charge is 0.210 e. The highest BCUT2D eigenvalue weighted by Gasteiger charge is 2.09. The summed E-state index contributed by atoms with van der Waals surface area (Å²) < 4.78 is 6.55. The first-order chi connectivity index (χ1) is 8.97. The molecule has 0 bridgehead atoms. The van der Waals surface area contributed by atoms with Crippen LogP contribution in [-0.4, -0.2) is 20.3 Å². The van der Waals surface area contributed by atoms with E-state index in [2.05, 4.69) is 20.9 Å². The molecule has 0 radical (unpaired) electrons. The standard InChI is InChI=1S/C14H14BrClN2O/c1-9-4-5-10(6-13(9)16)17-8-11-7-12(15)14(19-11)18(2)3/h4-8H,1-3H3. The Kier molecular flexibility index (Phi) is 4.32. The van der Waals surface area contributed by atoms with E-state index in [1.165, 1.54) is 0 Å². The molecule has 0 aliphatic carbocycles. The molecule has 0 N–H and O–H groups in total. The van der Waals surface area contributed by atoms with Gasteiger partial charge in [0, 0.05) is 25.2 Å². The summed E-state index contributed by atoms with van der Waals surface area (Å²) in [6, 6.07) is 7.58. The monoisotopic (exact) mass is 340 g/mol. The number of hydrogen-bond donors (Lipinski definition) is 0. The summed E-state index contributed by atoms with van der Waals surface area (Å²) in [5, 5.41) is 0.712. The molecule has 0 aliphatic rings.